The first-order chi connectivity index (χ1) is 5.74. The van der Waals surface area contributed by atoms with Gasteiger partial charge in [-0.15, -0.1) is 11.3 Å². The van der Waals surface area contributed by atoms with Gasteiger partial charge in [0.1, 0.15) is 0 Å². The van der Waals surface area contributed by atoms with Crippen molar-refractivity contribution in [1.29, 1.82) is 0 Å². The maximum absolute atomic E-state index is 10.2. The summed E-state index contributed by atoms with van der Waals surface area (Å²) < 4.78 is 0. The van der Waals surface area contributed by atoms with Crippen LogP contribution in [0.3, 0.4) is 0 Å². The lowest BCUT2D eigenvalue weighted by atomic mass is 10.4. The predicted molar refractivity (Wildman–Crippen MR) is 45.4 cm³/mol. The molecule has 0 aliphatic heterocycles. The van der Waals surface area contributed by atoms with Crippen LogP contribution in [0.4, 0.5) is 0 Å². The van der Waals surface area contributed by atoms with Gasteiger partial charge in [0, 0.05) is 11.0 Å². The van der Waals surface area contributed by atoms with Crippen molar-refractivity contribution in [1.82, 2.24) is 0 Å². The lowest BCUT2D eigenvalue weighted by Gasteiger charge is -1.85. The van der Waals surface area contributed by atoms with Gasteiger partial charge in [-0.1, -0.05) is 6.07 Å². The Kier molecular flexibility index (Phi) is 2.71. The lowest BCUT2D eigenvalue weighted by molar-refractivity contribution is -0.415. The fourth-order valence-corrected chi connectivity index (χ4v) is 1.31. The van der Waals surface area contributed by atoms with Crippen molar-refractivity contribution in [2.24, 2.45) is 0 Å². The van der Waals surface area contributed by atoms with Crippen LogP contribution in [0.25, 0.3) is 6.08 Å². The minimum atomic E-state index is -0.702. The molecule has 0 atom stereocenters. The third kappa shape index (κ3) is 2.00. The third-order valence-corrected chi connectivity index (χ3v) is 1.98. The van der Waals surface area contributed by atoms with Crippen molar-refractivity contribution < 1.29 is 9.72 Å². The summed E-state index contributed by atoms with van der Waals surface area (Å²) in [5, 5.41) is 12.0. The second-order valence-corrected chi connectivity index (χ2v) is 2.94. The quantitative estimate of drug-likeness (QED) is 0.309. The molecule has 0 amide bonds. The summed E-state index contributed by atoms with van der Waals surface area (Å²) in [7, 11) is 0. The number of aldehydes is 1. The Balaban J connectivity index is 2.93. The van der Waals surface area contributed by atoms with Gasteiger partial charge in [-0.2, -0.15) is 0 Å². The van der Waals surface area contributed by atoms with Crippen LogP contribution < -0.4 is 0 Å². The normalized spacial score (nSPS) is 11.2. The van der Waals surface area contributed by atoms with Gasteiger partial charge in [-0.3, -0.25) is 14.9 Å². The topological polar surface area (TPSA) is 60.2 Å². The van der Waals surface area contributed by atoms with Crippen molar-refractivity contribution >= 4 is 23.7 Å². The van der Waals surface area contributed by atoms with Gasteiger partial charge >= 0.3 is 5.70 Å². The molecule has 12 heavy (non-hydrogen) atoms. The average Bonchev–Trinajstić information content (AvgIpc) is 2.51. The number of rotatable bonds is 3. The number of allylic oxidation sites excluding steroid dienone is 1. The highest BCUT2D eigenvalue weighted by atomic mass is 32.1. The molecule has 0 bridgehead atoms. The second kappa shape index (κ2) is 3.77. The molecule has 0 aliphatic carbocycles. The van der Waals surface area contributed by atoms with Crippen LogP contribution in [-0.2, 0) is 4.79 Å². The Labute approximate surface area is 72.3 Å². The average molecular weight is 183 g/mol. The number of hydrogen-bond donors (Lipinski definition) is 0. The summed E-state index contributed by atoms with van der Waals surface area (Å²) in [6, 6.07) is 3.47. The monoisotopic (exact) mass is 183 g/mol. The van der Waals surface area contributed by atoms with Crippen molar-refractivity contribution in [2.75, 3.05) is 0 Å². The molecule has 0 unspecified atom stereocenters. The zero-order valence-corrected chi connectivity index (χ0v) is 6.78. The molecule has 0 saturated carbocycles. The van der Waals surface area contributed by atoms with E-state index in [2.05, 4.69) is 0 Å². The molecule has 0 N–H and O–H groups in total. The van der Waals surface area contributed by atoms with Gasteiger partial charge in [0.25, 0.3) is 0 Å². The first kappa shape index (κ1) is 8.61. The zero-order valence-electron chi connectivity index (χ0n) is 5.97. The van der Waals surface area contributed by atoms with Gasteiger partial charge in [0.15, 0.2) is 0 Å². The Bertz CT molecular complexity index is 315. The Morgan fingerprint density at radius 1 is 1.67 bits per heavy atom. The maximum atomic E-state index is 10.2. The largest absolute Gasteiger partial charge is 0.310 e. The van der Waals surface area contributed by atoms with E-state index in [-0.39, 0.29) is 6.29 Å². The molecule has 62 valence electrons. The van der Waals surface area contributed by atoms with Gasteiger partial charge in [-0.25, -0.2) is 0 Å². The molecule has 1 rings (SSSR count). The standard InChI is InChI=1S/C7H5NO3S/c9-5-6(8(10)11)4-7-2-1-3-12-7/h1-5H/b6-4+. The molecule has 1 aromatic heterocycles. The molecule has 0 fully saturated rings. The smallest absolute Gasteiger partial charge is 0.291 e. The summed E-state index contributed by atoms with van der Waals surface area (Å²) in [5.41, 5.74) is -0.419. The van der Waals surface area contributed by atoms with E-state index >= 15 is 0 Å². The van der Waals surface area contributed by atoms with Gasteiger partial charge in [-0.05, 0) is 11.4 Å². The van der Waals surface area contributed by atoms with E-state index in [0.29, 0.717) is 4.88 Å². The van der Waals surface area contributed by atoms with E-state index in [1.807, 2.05) is 0 Å². The fourth-order valence-electron chi connectivity index (χ4n) is 0.649. The van der Waals surface area contributed by atoms with Crippen LogP contribution in [0, 0.1) is 10.1 Å². The molecule has 0 radical (unpaired) electrons. The highest BCUT2D eigenvalue weighted by Gasteiger charge is 2.07. The molecule has 0 spiro atoms. The number of carbonyl (C=O) groups is 1. The number of hydrogen-bond acceptors (Lipinski definition) is 4. The summed E-state index contributed by atoms with van der Waals surface area (Å²) in [4.78, 5) is 20.3. The Hall–Kier alpha value is -1.49. The predicted octanol–water partition coefficient (Wildman–Crippen LogP) is 1.56. The number of nitrogens with zero attached hydrogens (tertiary/aromatic N) is 1. The van der Waals surface area contributed by atoms with Gasteiger partial charge < -0.3 is 0 Å². The molecule has 1 heterocycles. The van der Waals surface area contributed by atoms with Crippen molar-refractivity contribution in [2.45, 2.75) is 0 Å². The summed E-state index contributed by atoms with van der Waals surface area (Å²) in [5.74, 6) is 0. The molecule has 0 aliphatic rings. The van der Waals surface area contributed by atoms with E-state index in [0.717, 1.165) is 0 Å². The summed E-state index contributed by atoms with van der Waals surface area (Å²) >= 11 is 1.34. The van der Waals surface area contributed by atoms with E-state index in [9.17, 15) is 14.9 Å². The number of thiophene rings is 1. The van der Waals surface area contributed by atoms with Gasteiger partial charge in [0.05, 0.1) is 4.92 Å². The molecular formula is C7H5NO3S. The molecular weight excluding hydrogens is 178 g/mol. The maximum Gasteiger partial charge on any atom is 0.310 e. The minimum absolute atomic E-state index is 0.236. The van der Waals surface area contributed by atoms with Gasteiger partial charge in [0.2, 0.25) is 6.29 Å². The summed E-state index contributed by atoms with van der Waals surface area (Å²) in [6.45, 7) is 0. The molecule has 1 aromatic rings. The SMILES string of the molecule is O=C/C(=C\c1cccs1)[N+](=O)[O-]. The van der Waals surface area contributed by atoms with E-state index in [1.54, 1.807) is 17.5 Å². The van der Waals surface area contributed by atoms with E-state index < -0.39 is 10.6 Å². The van der Waals surface area contributed by atoms with Crippen LogP contribution in [0.15, 0.2) is 23.2 Å². The van der Waals surface area contributed by atoms with Crippen LogP contribution >= 0.6 is 11.3 Å². The number of nitro groups is 1. The lowest BCUT2D eigenvalue weighted by Crippen LogP contribution is -1.98. The van der Waals surface area contributed by atoms with E-state index in [1.165, 1.54) is 17.4 Å². The highest BCUT2D eigenvalue weighted by Crippen LogP contribution is 2.12. The third-order valence-electron chi connectivity index (χ3n) is 1.16. The zero-order chi connectivity index (χ0) is 8.97. The Morgan fingerprint density at radius 3 is 2.83 bits per heavy atom. The molecule has 5 heteroatoms. The number of carbonyl (C=O) groups excluding carboxylic acids is 1. The first-order valence-electron chi connectivity index (χ1n) is 3.09. The second-order valence-electron chi connectivity index (χ2n) is 1.96. The van der Waals surface area contributed by atoms with E-state index in [4.69, 9.17) is 0 Å². The fraction of sp³-hybridized carbons (Fsp3) is 0. The Morgan fingerprint density at radius 2 is 2.42 bits per heavy atom. The van der Waals surface area contributed by atoms with Crippen LogP contribution in [0.2, 0.25) is 0 Å². The van der Waals surface area contributed by atoms with Crippen LogP contribution in [0.5, 0.6) is 0 Å². The van der Waals surface area contributed by atoms with Crippen LogP contribution in [0.1, 0.15) is 4.88 Å². The van der Waals surface area contributed by atoms with Crippen molar-refractivity contribution in [3.05, 3.63) is 38.2 Å². The molecule has 0 saturated heterocycles. The summed E-state index contributed by atoms with van der Waals surface area (Å²) in [6.07, 6.45) is 1.48. The van der Waals surface area contributed by atoms with Crippen molar-refractivity contribution in [3.8, 4) is 0 Å². The highest BCUT2D eigenvalue weighted by molar-refractivity contribution is 7.10. The minimum Gasteiger partial charge on any atom is -0.291 e. The van der Waals surface area contributed by atoms with Crippen molar-refractivity contribution in [3.63, 3.8) is 0 Å². The molecule has 0 aromatic carbocycles. The molecule has 4 nitrogen and oxygen atoms in total. The first-order valence-corrected chi connectivity index (χ1v) is 3.97. The van der Waals surface area contributed by atoms with Crippen LogP contribution in [-0.4, -0.2) is 11.2 Å².